The van der Waals surface area contributed by atoms with E-state index in [4.69, 9.17) is 12.2 Å². The number of nitrogens with one attached hydrogen (secondary N) is 2. The summed E-state index contributed by atoms with van der Waals surface area (Å²) in [6.07, 6.45) is 0. The highest BCUT2D eigenvalue weighted by atomic mass is 32.1. The maximum Gasteiger partial charge on any atom is 0.189 e. The number of hydrogen-bond acceptors (Lipinski definition) is 4. The second-order valence-corrected chi connectivity index (χ2v) is 5.21. The minimum atomic E-state index is 0.620. The predicted molar refractivity (Wildman–Crippen MR) is 75.3 cm³/mol. The Morgan fingerprint density at radius 2 is 2.38 bits per heavy atom. The number of anilines is 1. The van der Waals surface area contributed by atoms with E-state index in [9.17, 15) is 0 Å². The molecule has 0 aliphatic carbocycles. The van der Waals surface area contributed by atoms with Crippen molar-refractivity contribution >= 4 is 45.1 Å². The van der Waals surface area contributed by atoms with Crippen LogP contribution in [0.1, 0.15) is 6.92 Å². The Morgan fingerprint density at radius 1 is 1.50 bits per heavy atom. The van der Waals surface area contributed by atoms with Crippen LogP contribution < -0.4 is 10.6 Å². The zero-order valence-corrected chi connectivity index (χ0v) is 11.1. The van der Waals surface area contributed by atoms with Gasteiger partial charge in [-0.1, -0.05) is 6.07 Å². The Kier molecular flexibility index (Phi) is 3.87. The van der Waals surface area contributed by atoms with E-state index in [1.54, 1.807) is 22.7 Å². The molecule has 0 spiro atoms. The third kappa shape index (κ3) is 2.78. The molecule has 2 aromatic rings. The van der Waals surface area contributed by atoms with Gasteiger partial charge in [0.2, 0.25) is 0 Å². The van der Waals surface area contributed by atoms with E-state index < -0.39 is 0 Å². The molecule has 0 unspecified atom stereocenters. The molecule has 0 amide bonds. The maximum absolute atomic E-state index is 5.09. The quantitative estimate of drug-likeness (QED) is 0.839. The SMILES string of the molecule is CCNC(=S)Nc1nc(-c2cccs2)cs1. The van der Waals surface area contributed by atoms with Gasteiger partial charge >= 0.3 is 0 Å². The second kappa shape index (κ2) is 5.38. The van der Waals surface area contributed by atoms with Crippen molar-refractivity contribution in [2.45, 2.75) is 6.92 Å². The fourth-order valence-electron chi connectivity index (χ4n) is 1.17. The fraction of sp³-hybridized carbons (Fsp3) is 0.200. The molecule has 0 atom stereocenters. The van der Waals surface area contributed by atoms with Gasteiger partial charge in [-0.25, -0.2) is 4.98 Å². The molecule has 2 rings (SSSR count). The fourth-order valence-corrected chi connectivity index (χ4v) is 2.95. The summed E-state index contributed by atoms with van der Waals surface area (Å²) in [5.74, 6) is 0. The van der Waals surface area contributed by atoms with Crippen molar-refractivity contribution in [3.63, 3.8) is 0 Å². The topological polar surface area (TPSA) is 37.0 Å². The van der Waals surface area contributed by atoms with E-state index in [1.165, 1.54) is 4.88 Å². The molecule has 3 nitrogen and oxygen atoms in total. The lowest BCUT2D eigenvalue weighted by molar-refractivity contribution is 0.979. The number of thiocarbonyl (C=S) groups is 1. The van der Waals surface area contributed by atoms with Gasteiger partial charge < -0.3 is 10.6 Å². The highest BCUT2D eigenvalue weighted by Gasteiger charge is 2.05. The Bertz CT molecular complexity index is 461. The number of thiazole rings is 1. The molecule has 84 valence electrons. The largest absolute Gasteiger partial charge is 0.363 e. The number of aromatic nitrogens is 1. The van der Waals surface area contributed by atoms with Gasteiger partial charge in [-0.3, -0.25) is 0 Å². The van der Waals surface area contributed by atoms with E-state index >= 15 is 0 Å². The molecular formula is C10H11N3S3. The summed E-state index contributed by atoms with van der Waals surface area (Å²) >= 11 is 8.34. The van der Waals surface area contributed by atoms with Crippen LogP contribution in [0.3, 0.4) is 0 Å². The van der Waals surface area contributed by atoms with Crippen LogP contribution in [0.4, 0.5) is 5.13 Å². The van der Waals surface area contributed by atoms with Gasteiger partial charge in [0.25, 0.3) is 0 Å². The molecular weight excluding hydrogens is 258 g/mol. The lowest BCUT2D eigenvalue weighted by Crippen LogP contribution is -2.27. The van der Waals surface area contributed by atoms with Gasteiger partial charge in [-0.15, -0.1) is 22.7 Å². The summed E-state index contributed by atoms with van der Waals surface area (Å²) in [5, 5.41) is 11.6. The van der Waals surface area contributed by atoms with Gasteiger partial charge in [0.05, 0.1) is 10.6 Å². The predicted octanol–water partition coefficient (Wildman–Crippen LogP) is 3.18. The molecule has 0 aliphatic rings. The van der Waals surface area contributed by atoms with E-state index in [0.717, 1.165) is 17.4 Å². The second-order valence-electron chi connectivity index (χ2n) is 3.00. The van der Waals surface area contributed by atoms with E-state index in [2.05, 4.69) is 21.7 Å². The minimum Gasteiger partial charge on any atom is -0.363 e. The standard InChI is InChI=1S/C10H11N3S3/c1-2-11-9(14)13-10-12-7(6-16-10)8-4-3-5-15-8/h3-6H,2H2,1H3,(H2,11,12,13,14). The van der Waals surface area contributed by atoms with Gasteiger partial charge in [0.1, 0.15) is 0 Å². The van der Waals surface area contributed by atoms with Gasteiger partial charge in [0.15, 0.2) is 10.2 Å². The third-order valence-electron chi connectivity index (χ3n) is 1.84. The van der Waals surface area contributed by atoms with Gasteiger partial charge in [-0.2, -0.15) is 0 Å². The van der Waals surface area contributed by atoms with Crippen LogP contribution in [0, 0.1) is 0 Å². The van der Waals surface area contributed by atoms with Crippen molar-refractivity contribution in [3.05, 3.63) is 22.9 Å². The molecule has 0 aromatic carbocycles. The summed E-state index contributed by atoms with van der Waals surface area (Å²) in [5.41, 5.74) is 1.00. The molecule has 2 heterocycles. The lowest BCUT2D eigenvalue weighted by atomic mass is 10.4. The van der Waals surface area contributed by atoms with Crippen molar-refractivity contribution in [1.29, 1.82) is 0 Å². The first kappa shape index (κ1) is 11.5. The first-order valence-electron chi connectivity index (χ1n) is 4.84. The Morgan fingerprint density at radius 3 is 3.06 bits per heavy atom. The number of thiophene rings is 1. The summed E-state index contributed by atoms with van der Waals surface area (Å²) in [4.78, 5) is 5.64. The Hall–Kier alpha value is -0.980. The van der Waals surface area contributed by atoms with Gasteiger partial charge in [-0.05, 0) is 30.6 Å². The summed E-state index contributed by atoms with van der Waals surface area (Å²) < 4.78 is 0. The molecule has 0 bridgehead atoms. The van der Waals surface area contributed by atoms with Crippen LogP contribution in [-0.2, 0) is 0 Å². The number of nitrogens with zero attached hydrogens (tertiary/aromatic N) is 1. The molecule has 16 heavy (non-hydrogen) atoms. The minimum absolute atomic E-state index is 0.620. The van der Waals surface area contributed by atoms with E-state index in [1.807, 2.05) is 23.8 Å². The summed E-state index contributed by atoms with van der Waals surface area (Å²) in [6.45, 7) is 2.82. The van der Waals surface area contributed by atoms with E-state index in [-0.39, 0.29) is 0 Å². The van der Waals surface area contributed by atoms with Crippen LogP contribution in [0.2, 0.25) is 0 Å². The Labute approximate surface area is 108 Å². The Balaban J connectivity index is 2.06. The molecule has 0 saturated heterocycles. The molecule has 2 N–H and O–H groups in total. The highest BCUT2D eigenvalue weighted by molar-refractivity contribution is 7.80. The molecule has 0 radical (unpaired) electrons. The number of rotatable bonds is 3. The first-order chi connectivity index (χ1) is 7.79. The molecule has 6 heteroatoms. The van der Waals surface area contributed by atoms with Crippen LogP contribution in [-0.4, -0.2) is 16.6 Å². The van der Waals surface area contributed by atoms with Crippen molar-refractivity contribution in [2.24, 2.45) is 0 Å². The highest BCUT2D eigenvalue weighted by Crippen LogP contribution is 2.28. The number of hydrogen-bond donors (Lipinski definition) is 2. The van der Waals surface area contributed by atoms with E-state index in [0.29, 0.717) is 5.11 Å². The van der Waals surface area contributed by atoms with Crippen LogP contribution in [0.15, 0.2) is 22.9 Å². The van der Waals surface area contributed by atoms with Crippen molar-refractivity contribution in [2.75, 3.05) is 11.9 Å². The normalized spacial score (nSPS) is 10.1. The van der Waals surface area contributed by atoms with Crippen LogP contribution in [0.5, 0.6) is 0 Å². The van der Waals surface area contributed by atoms with Crippen molar-refractivity contribution < 1.29 is 0 Å². The third-order valence-corrected chi connectivity index (χ3v) is 3.73. The van der Waals surface area contributed by atoms with Crippen LogP contribution in [0.25, 0.3) is 10.6 Å². The average Bonchev–Trinajstić information content (AvgIpc) is 2.86. The van der Waals surface area contributed by atoms with Crippen molar-refractivity contribution in [1.82, 2.24) is 10.3 Å². The molecule has 0 aliphatic heterocycles. The lowest BCUT2D eigenvalue weighted by Gasteiger charge is -2.04. The average molecular weight is 269 g/mol. The zero-order chi connectivity index (χ0) is 11.4. The smallest absolute Gasteiger partial charge is 0.189 e. The van der Waals surface area contributed by atoms with Gasteiger partial charge in [0, 0.05) is 11.9 Å². The maximum atomic E-state index is 5.09. The van der Waals surface area contributed by atoms with Crippen LogP contribution >= 0.6 is 34.9 Å². The summed E-state index contributed by atoms with van der Waals surface area (Å²) in [7, 11) is 0. The summed E-state index contributed by atoms with van der Waals surface area (Å²) in [6, 6.07) is 4.09. The van der Waals surface area contributed by atoms with Crippen molar-refractivity contribution in [3.8, 4) is 10.6 Å². The molecule has 2 aromatic heterocycles. The zero-order valence-electron chi connectivity index (χ0n) is 8.69. The molecule has 0 fully saturated rings. The first-order valence-corrected chi connectivity index (χ1v) is 7.00. The molecule has 0 saturated carbocycles. The monoisotopic (exact) mass is 269 g/mol.